The first kappa shape index (κ1) is 25.2. The zero-order chi connectivity index (χ0) is 22.2. The maximum absolute atomic E-state index is 12.2. The number of nitrogens with two attached hydrogens (primary N) is 1. The van der Waals surface area contributed by atoms with Crippen LogP contribution in [0, 0.1) is 0 Å². The van der Waals surface area contributed by atoms with E-state index in [1.807, 2.05) is 5.32 Å². The molecule has 6 atom stereocenters. The van der Waals surface area contributed by atoms with Crippen molar-refractivity contribution in [3.63, 3.8) is 0 Å². The molecule has 0 fully saturated rings. The molecule has 28 heavy (non-hydrogen) atoms. The summed E-state index contributed by atoms with van der Waals surface area (Å²) in [4.78, 5) is 57.7. The molecule has 0 saturated heterocycles. The Bertz CT molecular complexity index is 608. The van der Waals surface area contributed by atoms with Crippen LogP contribution in [0.3, 0.4) is 0 Å². The average molecular weight is 406 g/mol. The van der Waals surface area contributed by atoms with Gasteiger partial charge < -0.3 is 42.1 Å². The maximum Gasteiger partial charge on any atom is 0.328 e. The highest BCUT2D eigenvalue weighted by Gasteiger charge is 2.33. The van der Waals surface area contributed by atoms with E-state index in [1.54, 1.807) is 0 Å². The number of nitrogens with one attached hydrogen (secondary N) is 3. The fraction of sp³-hybridized carbons (Fsp3) is 0.667. The Labute approximate surface area is 160 Å². The van der Waals surface area contributed by atoms with Crippen molar-refractivity contribution < 1.29 is 44.4 Å². The number of carboxylic acids is 2. The van der Waals surface area contributed by atoms with Crippen LogP contribution in [0.1, 0.15) is 27.2 Å². The molecule has 0 aromatic rings. The van der Waals surface area contributed by atoms with E-state index in [-0.39, 0.29) is 0 Å². The van der Waals surface area contributed by atoms with E-state index in [2.05, 4.69) is 10.6 Å². The fourth-order valence-electron chi connectivity index (χ4n) is 1.98. The lowest BCUT2D eigenvalue weighted by Gasteiger charge is -2.26. The molecule has 0 heterocycles. The third kappa shape index (κ3) is 8.28. The lowest BCUT2D eigenvalue weighted by atomic mass is 10.1. The highest BCUT2D eigenvalue weighted by molar-refractivity contribution is 5.94. The largest absolute Gasteiger partial charge is 0.481 e. The molecule has 0 spiro atoms. The first-order valence-corrected chi connectivity index (χ1v) is 8.25. The smallest absolute Gasteiger partial charge is 0.328 e. The molecule has 0 bridgehead atoms. The lowest BCUT2D eigenvalue weighted by Crippen LogP contribution is -2.60. The Morgan fingerprint density at radius 1 is 0.786 bits per heavy atom. The Morgan fingerprint density at radius 2 is 1.25 bits per heavy atom. The monoisotopic (exact) mass is 406 g/mol. The van der Waals surface area contributed by atoms with Crippen molar-refractivity contribution in [3.05, 3.63) is 0 Å². The molecule has 0 rings (SSSR count). The van der Waals surface area contributed by atoms with Gasteiger partial charge in [-0.3, -0.25) is 19.2 Å². The molecule has 13 heteroatoms. The van der Waals surface area contributed by atoms with Crippen molar-refractivity contribution in [2.24, 2.45) is 5.73 Å². The molecule has 0 aromatic carbocycles. The number of carbonyl (C=O) groups is 5. The number of carbonyl (C=O) groups excluding carboxylic acids is 3. The number of amides is 3. The molecule has 0 aliphatic heterocycles. The third-order valence-corrected chi connectivity index (χ3v) is 3.59. The highest BCUT2D eigenvalue weighted by Crippen LogP contribution is 2.00. The van der Waals surface area contributed by atoms with Gasteiger partial charge in [0.25, 0.3) is 0 Å². The molecule has 0 aliphatic carbocycles. The molecule has 9 N–H and O–H groups in total. The predicted molar refractivity (Wildman–Crippen MR) is 92.7 cm³/mol. The molecule has 160 valence electrons. The summed E-state index contributed by atoms with van der Waals surface area (Å²) in [6.45, 7) is 3.52. The molecule has 0 radical (unpaired) electrons. The molecular formula is C15H26N4O9. The van der Waals surface area contributed by atoms with Crippen molar-refractivity contribution >= 4 is 29.7 Å². The van der Waals surface area contributed by atoms with Gasteiger partial charge in [0.15, 0.2) is 6.04 Å². The van der Waals surface area contributed by atoms with Crippen molar-refractivity contribution in [2.45, 2.75) is 63.6 Å². The highest BCUT2D eigenvalue weighted by atomic mass is 16.4. The van der Waals surface area contributed by atoms with Gasteiger partial charge in [-0.05, 0) is 20.8 Å². The van der Waals surface area contributed by atoms with E-state index in [0.717, 1.165) is 13.8 Å². The number of aliphatic carboxylic acids is 2. The van der Waals surface area contributed by atoms with Crippen molar-refractivity contribution in [3.8, 4) is 0 Å². The van der Waals surface area contributed by atoms with E-state index < -0.39 is 72.5 Å². The molecule has 0 aliphatic rings. The summed E-state index contributed by atoms with van der Waals surface area (Å²) in [5.41, 5.74) is 5.37. The molecule has 13 nitrogen and oxygen atoms in total. The SMILES string of the molecule is CC(NC(=O)C(N)CC(=O)O)C(=O)NC(C(=O)NC(C(=O)O)C(C)O)C(C)O. The topological polar surface area (TPSA) is 228 Å². The van der Waals surface area contributed by atoms with Crippen LogP contribution in [-0.2, 0) is 24.0 Å². The van der Waals surface area contributed by atoms with Crippen LogP contribution >= 0.6 is 0 Å². The maximum atomic E-state index is 12.2. The lowest BCUT2D eigenvalue weighted by molar-refractivity contribution is -0.146. The van der Waals surface area contributed by atoms with Crippen LogP contribution in [-0.4, -0.2) is 86.5 Å². The molecule has 3 amide bonds. The van der Waals surface area contributed by atoms with Gasteiger partial charge in [-0.1, -0.05) is 0 Å². The minimum Gasteiger partial charge on any atom is -0.481 e. The zero-order valence-corrected chi connectivity index (χ0v) is 15.6. The van der Waals surface area contributed by atoms with E-state index in [1.165, 1.54) is 6.92 Å². The van der Waals surface area contributed by atoms with Gasteiger partial charge in [0.2, 0.25) is 17.7 Å². The van der Waals surface area contributed by atoms with Crippen molar-refractivity contribution in [1.29, 1.82) is 0 Å². The summed E-state index contributed by atoms with van der Waals surface area (Å²) >= 11 is 0. The van der Waals surface area contributed by atoms with Gasteiger partial charge in [-0.2, -0.15) is 0 Å². The van der Waals surface area contributed by atoms with E-state index in [9.17, 15) is 34.2 Å². The Hall–Kier alpha value is -2.77. The van der Waals surface area contributed by atoms with Crippen LogP contribution in [0.15, 0.2) is 0 Å². The predicted octanol–water partition coefficient (Wildman–Crippen LogP) is -3.89. The Morgan fingerprint density at radius 3 is 1.64 bits per heavy atom. The normalized spacial score (nSPS) is 17.2. The number of hydrogen-bond acceptors (Lipinski definition) is 8. The molecular weight excluding hydrogens is 380 g/mol. The quantitative estimate of drug-likeness (QED) is 0.166. The average Bonchev–Trinajstić information content (AvgIpc) is 2.55. The fourth-order valence-corrected chi connectivity index (χ4v) is 1.98. The number of aliphatic hydroxyl groups excluding tert-OH is 2. The summed E-state index contributed by atoms with van der Waals surface area (Å²) in [6.07, 6.45) is -3.54. The molecule has 6 unspecified atom stereocenters. The van der Waals surface area contributed by atoms with E-state index in [4.69, 9.17) is 15.9 Å². The van der Waals surface area contributed by atoms with Crippen LogP contribution < -0.4 is 21.7 Å². The minimum atomic E-state index is -1.67. The second-order valence-electron chi connectivity index (χ2n) is 6.23. The number of aliphatic hydroxyl groups is 2. The molecule has 0 saturated carbocycles. The van der Waals surface area contributed by atoms with E-state index >= 15 is 0 Å². The number of carboxylic acid groups (broad SMARTS) is 2. The van der Waals surface area contributed by atoms with Crippen molar-refractivity contribution in [1.82, 2.24) is 16.0 Å². The standard InChI is InChI=1S/C15H26N4O9/c1-5(17-13(25)8(16)4-9(22)23)12(24)18-10(6(2)20)14(26)19-11(7(3)21)15(27)28/h5-8,10-11,20-21H,4,16H2,1-3H3,(H,17,25)(H,18,24)(H,19,26)(H,22,23)(H,27,28). The summed E-state index contributed by atoms with van der Waals surface area (Å²) < 4.78 is 0. The minimum absolute atomic E-state index is 0.658. The van der Waals surface area contributed by atoms with Crippen molar-refractivity contribution in [2.75, 3.05) is 0 Å². The van der Waals surface area contributed by atoms with Gasteiger partial charge in [-0.25, -0.2) is 4.79 Å². The van der Waals surface area contributed by atoms with E-state index in [0.29, 0.717) is 0 Å². The van der Waals surface area contributed by atoms with Gasteiger partial charge in [-0.15, -0.1) is 0 Å². The van der Waals surface area contributed by atoms with Gasteiger partial charge in [0.1, 0.15) is 12.1 Å². The zero-order valence-electron chi connectivity index (χ0n) is 15.6. The Balaban J connectivity index is 5.01. The van der Waals surface area contributed by atoms with Gasteiger partial charge in [0, 0.05) is 0 Å². The number of hydrogen-bond donors (Lipinski definition) is 8. The third-order valence-electron chi connectivity index (χ3n) is 3.59. The van der Waals surface area contributed by atoms with Crippen LogP contribution in [0.25, 0.3) is 0 Å². The Kier molecular flexibility index (Phi) is 10.1. The number of rotatable bonds is 11. The van der Waals surface area contributed by atoms with Gasteiger partial charge >= 0.3 is 11.9 Å². The summed E-state index contributed by atoms with van der Waals surface area (Å²) in [5, 5.41) is 43.0. The second kappa shape index (κ2) is 11.2. The summed E-state index contributed by atoms with van der Waals surface area (Å²) in [5.74, 6) is -5.73. The first-order valence-electron chi connectivity index (χ1n) is 8.25. The summed E-state index contributed by atoms with van der Waals surface area (Å²) in [6, 6.07) is -5.89. The molecule has 0 aromatic heterocycles. The van der Waals surface area contributed by atoms with Crippen LogP contribution in [0.5, 0.6) is 0 Å². The van der Waals surface area contributed by atoms with Gasteiger partial charge in [0.05, 0.1) is 24.7 Å². The second-order valence-corrected chi connectivity index (χ2v) is 6.23. The first-order chi connectivity index (χ1) is 12.8. The van der Waals surface area contributed by atoms with Crippen LogP contribution in [0.2, 0.25) is 0 Å². The summed E-state index contributed by atoms with van der Waals surface area (Å²) in [7, 11) is 0. The van der Waals surface area contributed by atoms with Crippen LogP contribution in [0.4, 0.5) is 0 Å².